The number of ether oxygens (including phenoxy) is 2. The molecule has 0 aliphatic rings. The molecule has 1 atom stereocenters. The van der Waals surface area contributed by atoms with E-state index in [0.29, 0.717) is 23.9 Å². The lowest BCUT2D eigenvalue weighted by molar-refractivity contribution is 0.347. The van der Waals surface area contributed by atoms with Gasteiger partial charge in [0.25, 0.3) is 0 Å². The fourth-order valence-electron chi connectivity index (χ4n) is 2.14. The molecule has 0 radical (unpaired) electrons. The van der Waals surface area contributed by atoms with Gasteiger partial charge in [-0.2, -0.15) is 0 Å². The van der Waals surface area contributed by atoms with Crippen LogP contribution in [0.5, 0.6) is 11.5 Å². The van der Waals surface area contributed by atoms with Crippen molar-refractivity contribution in [1.82, 2.24) is 10.3 Å². The Kier molecular flexibility index (Phi) is 5.84. The Bertz CT molecular complexity index is 563. The highest BCUT2D eigenvalue weighted by atomic mass is 35.5. The van der Waals surface area contributed by atoms with E-state index in [9.17, 15) is 0 Å². The van der Waals surface area contributed by atoms with E-state index < -0.39 is 0 Å². The Balaban J connectivity index is 2.12. The van der Waals surface area contributed by atoms with E-state index in [-0.39, 0.29) is 6.04 Å². The molecule has 112 valence electrons. The van der Waals surface area contributed by atoms with Crippen molar-refractivity contribution in [2.45, 2.75) is 12.6 Å². The summed E-state index contributed by atoms with van der Waals surface area (Å²) in [5.74, 6) is 1.80. The molecule has 1 N–H and O–H groups in total. The third-order valence-electron chi connectivity index (χ3n) is 3.24. The SMILES string of the molecule is COc1ccnc(CNC(CCl)c2ccccc2)c1OC. The lowest BCUT2D eigenvalue weighted by atomic mass is 10.1. The standard InChI is InChI=1S/C16H19ClN2O2/c1-20-15-8-9-18-14(16(15)21-2)11-19-13(10-17)12-6-4-3-5-7-12/h3-9,13,19H,10-11H2,1-2H3. The molecule has 0 aliphatic heterocycles. The molecule has 2 rings (SSSR count). The summed E-state index contributed by atoms with van der Waals surface area (Å²) in [5, 5.41) is 3.40. The largest absolute Gasteiger partial charge is 0.493 e. The van der Waals surface area contributed by atoms with Crippen LogP contribution in [0.3, 0.4) is 0 Å². The Hall–Kier alpha value is -1.78. The molecule has 0 bridgehead atoms. The minimum Gasteiger partial charge on any atom is -0.493 e. The van der Waals surface area contributed by atoms with Crippen molar-refractivity contribution in [2.24, 2.45) is 0 Å². The first-order valence-corrected chi connectivity index (χ1v) is 7.23. The number of benzene rings is 1. The van der Waals surface area contributed by atoms with Gasteiger partial charge in [0.15, 0.2) is 11.5 Å². The molecule has 1 unspecified atom stereocenters. The smallest absolute Gasteiger partial charge is 0.183 e. The monoisotopic (exact) mass is 306 g/mol. The van der Waals surface area contributed by atoms with Gasteiger partial charge in [-0.25, -0.2) is 0 Å². The number of halogens is 1. The second-order valence-electron chi connectivity index (χ2n) is 4.49. The van der Waals surface area contributed by atoms with E-state index in [1.165, 1.54) is 0 Å². The molecule has 0 saturated carbocycles. The summed E-state index contributed by atoms with van der Waals surface area (Å²) in [6.07, 6.45) is 1.70. The van der Waals surface area contributed by atoms with Crippen molar-refractivity contribution in [1.29, 1.82) is 0 Å². The van der Waals surface area contributed by atoms with Gasteiger partial charge in [0.2, 0.25) is 0 Å². The fraction of sp³-hybridized carbons (Fsp3) is 0.312. The minimum atomic E-state index is 0.0607. The summed E-state index contributed by atoms with van der Waals surface area (Å²) >= 11 is 6.06. The van der Waals surface area contributed by atoms with Crippen LogP contribution in [0.1, 0.15) is 17.3 Å². The van der Waals surface area contributed by atoms with Gasteiger partial charge in [-0.05, 0) is 5.56 Å². The lowest BCUT2D eigenvalue weighted by Gasteiger charge is -2.18. The van der Waals surface area contributed by atoms with Crippen LogP contribution >= 0.6 is 11.6 Å². The van der Waals surface area contributed by atoms with Crippen LogP contribution in [0, 0.1) is 0 Å². The van der Waals surface area contributed by atoms with Crippen molar-refractivity contribution >= 4 is 11.6 Å². The van der Waals surface area contributed by atoms with Gasteiger partial charge in [0.1, 0.15) is 0 Å². The third-order valence-corrected chi connectivity index (χ3v) is 3.55. The predicted molar refractivity (Wildman–Crippen MR) is 84.1 cm³/mol. The van der Waals surface area contributed by atoms with Crippen molar-refractivity contribution in [3.05, 3.63) is 53.9 Å². The van der Waals surface area contributed by atoms with E-state index >= 15 is 0 Å². The zero-order valence-corrected chi connectivity index (χ0v) is 12.9. The number of aromatic nitrogens is 1. The zero-order chi connectivity index (χ0) is 15.1. The first-order valence-electron chi connectivity index (χ1n) is 6.70. The molecule has 1 aromatic heterocycles. The Morgan fingerprint density at radius 2 is 1.90 bits per heavy atom. The second-order valence-corrected chi connectivity index (χ2v) is 4.80. The Labute approximate surface area is 130 Å². The van der Waals surface area contributed by atoms with E-state index in [2.05, 4.69) is 22.4 Å². The molecule has 1 heterocycles. The fourth-order valence-corrected chi connectivity index (χ4v) is 2.43. The third kappa shape index (κ3) is 3.86. The maximum Gasteiger partial charge on any atom is 0.183 e. The summed E-state index contributed by atoms with van der Waals surface area (Å²) in [6.45, 7) is 0.548. The van der Waals surface area contributed by atoms with E-state index in [4.69, 9.17) is 21.1 Å². The Morgan fingerprint density at radius 1 is 1.14 bits per heavy atom. The van der Waals surface area contributed by atoms with Crippen LogP contribution in [0.4, 0.5) is 0 Å². The number of alkyl halides is 1. The number of nitrogens with one attached hydrogen (secondary N) is 1. The van der Waals surface area contributed by atoms with E-state index in [0.717, 1.165) is 11.3 Å². The highest BCUT2D eigenvalue weighted by Crippen LogP contribution is 2.29. The molecule has 21 heavy (non-hydrogen) atoms. The molecule has 0 amide bonds. The number of rotatable bonds is 7. The summed E-state index contributed by atoms with van der Waals surface area (Å²) in [6, 6.07) is 11.9. The van der Waals surface area contributed by atoms with Crippen molar-refractivity contribution in [3.8, 4) is 11.5 Å². The van der Waals surface area contributed by atoms with Gasteiger partial charge in [-0.1, -0.05) is 30.3 Å². The molecule has 2 aromatic rings. The van der Waals surface area contributed by atoms with Crippen LogP contribution in [0.2, 0.25) is 0 Å². The normalized spacial score (nSPS) is 12.0. The van der Waals surface area contributed by atoms with Crippen LogP contribution in [0.25, 0.3) is 0 Å². The van der Waals surface area contributed by atoms with E-state index in [1.54, 1.807) is 26.5 Å². The Morgan fingerprint density at radius 3 is 2.52 bits per heavy atom. The minimum absolute atomic E-state index is 0.0607. The molecular weight excluding hydrogens is 288 g/mol. The van der Waals surface area contributed by atoms with Crippen LogP contribution < -0.4 is 14.8 Å². The molecule has 0 saturated heterocycles. The van der Waals surface area contributed by atoms with Gasteiger partial charge in [0, 0.05) is 30.7 Å². The number of nitrogens with zero attached hydrogens (tertiary/aromatic N) is 1. The predicted octanol–water partition coefficient (Wildman–Crippen LogP) is 3.17. The van der Waals surface area contributed by atoms with Crippen LogP contribution in [0.15, 0.2) is 42.6 Å². The number of pyridine rings is 1. The maximum atomic E-state index is 6.06. The highest BCUT2D eigenvalue weighted by molar-refractivity contribution is 6.18. The number of methoxy groups -OCH3 is 2. The number of hydrogen-bond donors (Lipinski definition) is 1. The maximum absolute atomic E-state index is 6.06. The summed E-state index contributed by atoms with van der Waals surface area (Å²) in [7, 11) is 3.22. The topological polar surface area (TPSA) is 43.4 Å². The van der Waals surface area contributed by atoms with Crippen molar-refractivity contribution in [3.63, 3.8) is 0 Å². The molecular formula is C16H19ClN2O2. The van der Waals surface area contributed by atoms with Gasteiger partial charge >= 0.3 is 0 Å². The molecule has 4 nitrogen and oxygen atoms in total. The molecule has 1 aromatic carbocycles. The zero-order valence-electron chi connectivity index (χ0n) is 12.2. The van der Waals surface area contributed by atoms with Gasteiger partial charge in [-0.15, -0.1) is 11.6 Å². The average molecular weight is 307 g/mol. The van der Waals surface area contributed by atoms with Gasteiger partial charge in [-0.3, -0.25) is 4.98 Å². The molecule has 0 aliphatic carbocycles. The van der Waals surface area contributed by atoms with Crippen molar-refractivity contribution in [2.75, 3.05) is 20.1 Å². The quantitative estimate of drug-likeness (QED) is 0.798. The van der Waals surface area contributed by atoms with Gasteiger partial charge in [0.05, 0.1) is 19.9 Å². The summed E-state index contributed by atoms with van der Waals surface area (Å²) in [5.41, 5.74) is 1.94. The summed E-state index contributed by atoms with van der Waals surface area (Å²) in [4.78, 5) is 4.35. The number of hydrogen-bond acceptors (Lipinski definition) is 4. The van der Waals surface area contributed by atoms with Crippen LogP contribution in [-0.2, 0) is 6.54 Å². The molecule has 5 heteroatoms. The highest BCUT2D eigenvalue weighted by Gasteiger charge is 2.14. The van der Waals surface area contributed by atoms with Crippen molar-refractivity contribution < 1.29 is 9.47 Å². The summed E-state index contributed by atoms with van der Waals surface area (Å²) < 4.78 is 10.7. The van der Waals surface area contributed by atoms with Crippen LogP contribution in [-0.4, -0.2) is 25.1 Å². The first-order chi connectivity index (χ1) is 10.3. The lowest BCUT2D eigenvalue weighted by Crippen LogP contribution is -2.23. The van der Waals surface area contributed by atoms with E-state index in [1.807, 2.05) is 18.2 Å². The van der Waals surface area contributed by atoms with Gasteiger partial charge < -0.3 is 14.8 Å². The average Bonchev–Trinajstić information content (AvgIpc) is 2.56. The molecule has 0 spiro atoms. The first kappa shape index (κ1) is 15.6. The second kappa shape index (κ2) is 7.86. The molecule has 0 fully saturated rings.